The molecule has 1 rings (SSSR count). The van der Waals surface area contributed by atoms with Crippen LogP contribution < -0.4 is 5.73 Å². The van der Waals surface area contributed by atoms with Crippen LogP contribution in [0.15, 0.2) is 0 Å². The molecule has 0 spiro atoms. The normalized spacial score (nSPS) is 26.2. The van der Waals surface area contributed by atoms with Gasteiger partial charge in [-0.25, -0.2) is 0 Å². The summed E-state index contributed by atoms with van der Waals surface area (Å²) in [4.78, 5) is 2.65. The van der Waals surface area contributed by atoms with Crippen molar-refractivity contribution in [1.82, 2.24) is 4.90 Å². The molecular weight excluding hydrogens is 244 g/mol. The highest BCUT2D eigenvalue weighted by Crippen LogP contribution is 2.41. The Labute approximate surface area is 127 Å². The molecule has 0 bridgehead atoms. The van der Waals surface area contributed by atoms with Gasteiger partial charge in [-0.3, -0.25) is 4.90 Å². The molecule has 120 valence electrons. The van der Waals surface area contributed by atoms with Gasteiger partial charge in [0.2, 0.25) is 0 Å². The van der Waals surface area contributed by atoms with Gasteiger partial charge >= 0.3 is 0 Å². The minimum atomic E-state index is 0.477. The number of hydrogen-bond donors (Lipinski definition) is 1. The second-order valence-electron chi connectivity index (χ2n) is 8.11. The lowest BCUT2D eigenvalue weighted by atomic mass is 9.68. The smallest absolute Gasteiger partial charge is 0.0249 e. The first-order valence-corrected chi connectivity index (χ1v) is 8.77. The third-order valence-electron chi connectivity index (χ3n) is 5.35. The van der Waals surface area contributed by atoms with Gasteiger partial charge in [-0.1, -0.05) is 27.7 Å². The fraction of sp³-hybridized carbons (Fsp3) is 1.00. The molecule has 2 N–H and O–H groups in total. The standard InChI is InChI=1S/C18H38N2/c1-7-12-20(14(2)3)17(13-19)15-8-10-16(11-9-15)18(4,5)6/h14-17H,7-13,19H2,1-6H3. The van der Waals surface area contributed by atoms with E-state index in [1.165, 1.54) is 38.6 Å². The van der Waals surface area contributed by atoms with E-state index in [4.69, 9.17) is 5.73 Å². The quantitative estimate of drug-likeness (QED) is 0.787. The molecule has 0 aromatic heterocycles. The number of nitrogens with zero attached hydrogens (tertiary/aromatic N) is 1. The summed E-state index contributed by atoms with van der Waals surface area (Å²) >= 11 is 0. The van der Waals surface area contributed by atoms with Gasteiger partial charge in [-0.2, -0.15) is 0 Å². The molecule has 0 radical (unpaired) electrons. The lowest BCUT2D eigenvalue weighted by Gasteiger charge is -2.44. The van der Waals surface area contributed by atoms with Crippen molar-refractivity contribution in [3.05, 3.63) is 0 Å². The van der Waals surface area contributed by atoms with Crippen LogP contribution in [0.3, 0.4) is 0 Å². The first-order chi connectivity index (χ1) is 9.31. The summed E-state index contributed by atoms with van der Waals surface area (Å²) in [5, 5.41) is 0. The molecule has 2 heteroatoms. The molecule has 1 aliphatic rings. The van der Waals surface area contributed by atoms with Gasteiger partial charge in [-0.15, -0.1) is 0 Å². The molecule has 0 aliphatic heterocycles. The summed E-state index contributed by atoms with van der Waals surface area (Å²) < 4.78 is 0. The van der Waals surface area contributed by atoms with E-state index in [9.17, 15) is 0 Å². The van der Waals surface area contributed by atoms with E-state index in [0.717, 1.165) is 18.4 Å². The Morgan fingerprint density at radius 1 is 1.10 bits per heavy atom. The number of hydrogen-bond acceptors (Lipinski definition) is 2. The van der Waals surface area contributed by atoms with Crippen LogP contribution in [-0.4, -0.2) is 30.1 Å². The average molecular weight is 283 g/mol. The highest BCUT2D eigenvalue weighted by atomic mass is 15.2. The predicted molar refractivity (Wildman–Crippen MR) is 89.9 cm³/mol. The predicted octanol–water partition coefficient (Wildman–Crippen LogP) is 4.29. The van der Waals surface area contributed by atoms with E-state index < -0.39 is 0 Å². The zero-order valence-electron chi connectivity index (χ0n) is 14.8. The zero-order chi connectivity index (χ0) is 15.3. The monoisotopic (exact) mass is 282 g/mol. The molecule has 0 saturated heterocycles. The van der Waals surface area contributed by atoms with Gasteiger partial charge in [0.15, 0.2) is 0 Å². The lowest BCUT2D eigenvalue weighted by molar-refractivity contribution is 0.0641. The molecule has 1 atom stereocenters. The fourth-order valence-corrected chi connectivity index (χ4v) is 4.03. The zero-order valence-corrected chi connectivity index (χ0v) is 14.8. The largest absolute Gasteiger partial charge is 0.329 e. The molecule has 1 aliphatic carbocycles. The van der Waals surface area contributed by atoms with Crippen LogP contribution in [-0.2, 0) is 0 Å². The Kier molecular flexibility index (Phi) is 7.00. The van der Waals surface area contributed by atoms with Crippen LogP contribution in [0, 0.1) is 17.3 Å². The molecule has 0 heterocycles. The Balaban J connectivity index is 2.64. The third-order valence-corrected chi connectivity index (χ3v) is 5.35. The van der Waals surface area contributed by atoms with Crippen molar-refractivity contribution in [2.75, 3.05) is 13.1 Å². The summed E-state index contributed by atoms with van der Waals surface area (Å²) in [6.07, 6.45) is 6.75. The topological polar surface area (TPSA) is 29.3 Å². The molecule has 20 heavy (non-hydrogen) atoms. The molecule has 0 amide bonds. The minimum Gasteiger partial charge on any atom is -0.329 e. The van der Waals surface area contributed by atoms with Crippen LogP contribution in [0.1, 0.15) is 73.6 Å². The lowest BCUT2D eigenvalue weighted by Crippen LogP contribution is -2.50. The van der Waals surface area contributed by atoms with Crippen LogP contribution in [0.4, 0.5) is 0 Å². The van der Waals surface area contributed by atoms with E-state index in [1.54, 1.807) is 0 Å². The van der Waals surface area contributed by atoms with Crippen molar-refractivity contribution in [3.8, 4) is 0 Å². The van der Waals surface area contributed by atoms with Crippen molar-refractivity contribution < 1.29 is 0 Å². The van der Waals surface area contributed by atoms with Crippen molar-refractivity contribution in [1.29, 1.82) is 0 Å². The van der Waals surface area contributed by atoms with Gasteiger partial charge < -0.3 is 5.73 Å². The Morgan fingerprint density at radius 2 is 1.65 bits per heavy atom. The number of nitrogens with two attached hydrogens (primary N) is 1. The first-order valence-electron chi connectivity index (χ1n) is 8.77. The van der Waals surface area contributed by atoms with Gasteiger partial charge in [0.25, 0.3) is 0 Å². The van der Waals surface area contributed by atoms with Gasteiger partial charge in [0.05, 0.1) is 0 Å². The Morgan fingerprint density at radius 3 is 2.00 bits per heavy atom. The molecule has 2 nitrogen and oxygen atoms in total. The van der Waals surface area contributed by atoms with Gasteiger partial charge in [0, 0.05) is 18.6 Å². The summed E-state index contributed by atoms with van der Waals surface area (Å²) in [5.41, 5.74) is 6.63. The first kappa shape index (κ1) is 18.0. The van der Waals surface area contributed by atoms with Crippen molar-refractivity contribution >= 4 is 0 Å². The van der Waals surface area contributed by atoms with E-state index in [2.05, 4.69) is 46.4 Å². The molecular formula is C18H38N2. The molecule has 1 fully saturated rings. The molecule has 0 aromatic carbocycles. The van der Waals surface area contributed by atoms with Crippen LogP contribution >= 0.6 is 0 Å². The maximum Gasteiger partial charge on any atom is 0.0249 e. The molecule has 1 unspecified atom stereocenters. The van der Waals surface area contributed by atoms with Crippen molar-refractivity contribution in [2.24, 2.45) is 23.0 Å². The third kappa shape index (κ3) is 4.73. The highest BCUT2D eigenvalue weighted by molar-refractivity contribution is 4.88. The second kappa shape index (κ2) is 7.79. The van der Waals surface area contributed by atoms with E-state index in [-0.39, 0.29) is 0 Å². The molecule has 1 saturated carbocycles. The fourth-order valence-electron chi connectivity index (χ4n) is 4.03. The Bertz CT molecular complexity index is 259. The van der Waals surface area contributed by atoms with Crippen LogP contribution in [0.2, 0.25) is 0 Å². The van der Waals surface area contributed by atoms with E-state index in [0.29, 0.717) is 17.5 Å². The maximum absolute atomic E-state index is 6.15. The van der Waals surface area contributed by atoms with Crippen molar-refractivity contribution in [3.63, 3.8) is 0 Å². The number of rotatable bonds is 6. The van der Waals surface area contributed by atoms with Crippen LogP contribution in [0.5, 0.6) is 0 Å². The van der Waals surface area contributed by atoms with E-state index in [1.807, 2.05) is 0 Å². The van der Waals surface area contributed by atoms with Crippen molar-refractivity contribution in [2.45, 2.75) is 85.7 Å². The van der Waals surface area contributed by atoms with Crippen LogP contribution in [0.25, 0.3) is 0 Å². The summed E-state index contributed by atoms with van der Waals surface area (Å²) in [7, 11) is 0. The highest BCUT2D eigenvalue weighted by Gasteiger charge is 2.34. The van der Waals surface area contributed by atoms with Gasteiger partial charge in [-0.05, 0) is 69.7 Å². The second-order valence-corrected chi connectivity index (χ2v) is 8.11. The minimum absolute atomic E-state index is 0.477. The van der Waals surface area contributed by atoms with Gasteiger partial charge in [0.1, 0.15) is 0 Å². The summed E-state index contributed by atoms with van der Waals surface area (Å²) in [6, 6.07) is 1.21. The maximum atomic E-state index is 6.15. The summed E-state index contributed by atoms with van der Waals surface area (Å²) in [5.74, 6) is 1.71. The Hall–Kier alpha value is -0.0800. The average Bonchev–Trinajstić information content (AvgIpc) is 2.38. The SMILES string of the molecule is CCCN(C(C)C)C(CN)C1CCC(C(C)(C)C)CC1. The van der Waals surface area contributed by atoms with E-state index >= 15 is 0 Å². The molecule has 0 aromatic rings. The summed E-state index contributed by atoms with van der Waals surface area (Å²) in [6.45, 7) is 16.1.